The van der Waals surface area contributed by atoms with Crippen LogP contribution in [0.15, 0.2) is 42.7 Å². The van der Waals surface area contributed by atoms with E-state index in [0.717, 1.165) is 31.0 Å². The lowest BCUT2D eigenvalue weighted by Gasteiger charge is -2.14. The predicted octanol–water partition coefficient (Wildman–Crippen LogP) is 2.18. The molecular formula is C15H18N6. The van der Waals surface area contributed by atoms with Crippen molar-refractivity contribution in [3.05, 3.63) is 59.9 Å². The van der Waals surface area contributed by atoms with Crippen molar-refractivity contribution < 1.29 is 0 Å². The molecule has 0 saturated carbocycles. The Labute approximate surface area is 123 Å². The van der Waals surface area contributed by atoms with Gasteiger partial charge < -0.3 is 4.57 Å². The van der Waals surface area contributed by atoms with Crippen LogP contribution in [0.1, 0.15) is 36.5 Å². The van der Waals surface area contributed by atoms with Gasteiger partial charge in [-0.15, -0.1) is 10.2 Å². The quantitative estimate of drug-likeness (QED) is 0.752. The number of H-pyrrole nitrogens is 1. The topological polar surface area (TPSA) is 72.3 Å². The van der Waals surface area contributed by atoms with Crippen LogP contribution < -0.4 is 0 Å². The van der Waals surface area contributed by atoms with Gasteiger partial charge in [-0.3, -0.25) is 0 Å². The summed E-state index contributed by atoms with van der Waals surface area (Å²) in [7, 11) is 0. The van der Waals surface area contributed by atoms with Gasteiger partial charge in [-0.1, -0.05) is 42.5 Å². The Balaban J connectivity index is 1.66. The zero-order valence-corrected chi connectivity index (χ0v) is 12.0. The Morgan fingerprint density at radius 1 is 1.24 bits per heavy atom. The first-order valence-electron chi connectivity index (χ1n) is 7.13. The second kappa shape index (κ2) is 6.30. The maximum atomic E-state index is 4.52. The molecule has 6 heteroatoms. The number of rotatable bonds is 6. The molecule has 0 radical (unpaired) electrons. The third-order valence-electron chi connectivity index (χ3n) is 3.62. The fraction of sp³-hybridized carbons (Fsp3) is 0.333. The highest BCUT2D eigenvalue weighted by Gasteiger charge is 2.13. The van der Waals surface area contributed by atoms with E-state index in [-0.39, 0.29) is 5.92 Å². The van der Waals surface area contributed by atoms with Gasteiger partial charge in [0.05, 0.1) is 0 Å². The summed E-state index contributed by atoms with van der Waals surface area (Å²) in [4.78, 5) is 4.52. The molecule has 0 saturated heterocycles. The Morgan fingerprint density at radius 2 is 2.10 bits per heavy atom. The van der Waals surface area contributed by atoms with E-state index in [0.29, 0.717) is 0 Å². The van der Waals surface area contributed by atoms with Crippen LogP contribution in [-0.2, 0) is 13.0 Å². The highest BCUT2D eigenvalue weighted by atomic mass is 15.5. The van der Waals surface area contributed by atoms with Crippen LogP contribution in [0.3, 0.4) is 0 Å². The average Bonchev–Trinajstić information content (AvgIpc) is 3.19. The number of nitrogens with one attached hydrogen (secondary N) is 1. The van der Waals surface area contributed by atoms with Gasteiger partial charge in [-0.05, 0) is 12.0 Å². The van der Waals surface area contributed by atoms with Crippen molar-refractivity contribution in [1.29, 1.82) is 0 Å². The maximum absolute atomic E-state index is 4.52. The van der Waals surface area contributed by atoms with Crippen LogP contribution in [0.2, 0.25) is 0 Å². The normalized spacial score (nSPS) is 12.4. The number of aryl methyl sites for hydroxylation is 2. The molecule has 6 nitrogen and oxygen atoms in total. The third-order valence-corrected chi connectivity index (χ3v) is 3.62. The monoisotopic (exact) mass is 282 g/mol. The lowest BCUT2D eigenvalue weighted by molar-refractivity contribution is 0.589. The van der Waals surface area contributed by atoms with E-state index in [9.17, 15) is 0 Å². The molecule has 0 amide bonds. The Kier molecular flexibility index (Phi) is 4.04. The van der Waals surface area contributed by atoms with Crippen LogP contribution in [-0.4, -0.2) is 30.2 Å². The van der Waals surface area contributed by atoms with Gasteiger partial charge in [-0.2, -0.15) is 5.21 Å². The zero-order chi connectivity index (χ0) is 14.5. The smallest absolute Gasteiger partial charge is 0.174 e. The molecule has 1 unspecified atom stereocenters. The molecular weight excluding hydrogens is 264 g/mol. The molecule has 1 N–H and O–H groups in total. The average molecular weight is 282 g/mol. The SMILES string of the molecule is CC(c1ccccc1)c1nccn1CCCc1nn[nH]n1. The Hall–Kier alpha value is -2.50. The zero-order valence-electron chi connectivity index (χ0n) is 12.0. The van der Waals surface area contributed by atoms with Gasteiger partial charge in [0.25, 0.3) is 0 Å². The van der Waals surface area contributed by atoms with Gasteiger partial charge >= 0.3 is 0 Å². The molecule has 0 spiro atoms. The predicted molar refractivity (Wildman–Crippen MR) is 78.7 cm³/mol. The molecule has 3 aromatic rings. The fourth-order valence-electron chi connectivity index (χ4n) is 2.48. The lowest BCUT2D eigenvalue weighted by Crippen LogP contribution is -2.08. The molecule has 0 bridgehead atoms. The first-order valence-corrected chi connectivity index (χ1v) is 7.13. The van der Waals surface area contributed by atoms with Crippen molar-refractivity contribution >= 4 is 0 Å². The molecule has 2 aromatic heterocycles. The Bertz CT molecular complexity index is 659. The number of aromatic amines is 1. The van der Waals surface area contributed by atoms with E-state index in [1.165, 1.54) is 5.56 Å². The molecule has 0 aliphatic carbocycles. The molecule has 2 heterocycles. The number of nitrogens with zero attached hydrogens (tertiary/aromatic N) is 5. The van der Waals surface area contributed by atoms with E-state index >= 15 is 0 Å². The molecule has 0 aliphatic rings. The first-order chi connectivity index (χ1) is 10.3. The summed E-state index contributed by atoms with van der Waals surface area (Å²) in [5.74, 6) is 2.13. The lowest BCUT2D eigenvalue weighted by atomic mass is 10.0. The molecule has 1 aromatic carbocycles. The highest BCUT2D eigenvalue weighted by molar-refractivity contribution is 5.24. The van der Waals surface area contributed by atoms with E-state index < -0.39 is 0 Å². The number of hydrogen-bond donors (Lipinski definition) is 1. The van der Waals surface area contributed by atoms with Crippen LogP contribution in [0.4, 0.5) is 0 Å². The number of imidazole rings is 1. The largest absolute Gasteiger partial charge is 0.334 e. The second-order valence-electron chi connectivity index (χ2n) is 5.04. The van der Waals surface area contributed by atoms with E-state index in [1.54, 1.807) is 0 Å². The van der Waals surface area contributed by atoms with Gasteiger partial charge in [0.15, 0.2) is 5.82 Å². The number of hydrogen-bond acceptors (Lipinski definition) is 4. The number of tetrazole rings is 1. The molecule has 0 fully saturated rings. The standard InChI is InChI=1S/C15H18N6/c1-12(13-6-3-2-4-7-13)15-16-9-11-21(15)10-5-8-14-17-19-20-18-14/h2-4,6-7,9,11-12H,5,8,10H2,1H3,(H,17,18,19,20). The van der Waals surface area contributed by atoms with Crippen molar-refractivity contribution in [3.63, 3.8) is 0 Å². The Morgan fingerprint density at radius 3 is 2.86 bits per heavy atom. The minimum atomic E-state index is 0.284. The van der Waals surface area contributed by atoms with Gasteiger partial charge in [0.2, 0.25) is 0 Å². The molecule has 1 atom stereocenters. The fourth-order valence-corrected chi connectivity index (χ4v) is 2.48. The summed E-state index contributed by atoms with van der Waals surface area (Å²) < 4.78 is 2.21. The van der Waals surface area contributed by atoms with E-state index in [1.807, 2.05) is 18.5 Å². The minimum absolute atomic E-state index is 0.284. The van der Waals surface area contributed by atoms with Crippen LogP contribution >= 0.6 is 0 Å². The molecule has 3 rings (SSSR count). The summed E-state index contributed by atoms with van der Waals surface area (Å²) in [5.41, 5.74) is 1.28. The summed E-state index contributed by atoms with van der Waals surface area (Å²) in [6.07, 6.45) is 5.67. The van der Waals surface area contributed by atoms with Crippen molar-refractivity contribution in [2.75, 3.05) is 0 Å². The second-order valence-corrected chi connectivity index (χ2v) is 5.04. The van der Waals surface area contributed by atoms with E-state index in [2.05, 4.69) is 61.4 Å². The van der Waals surface area contributed by atoms with Crippen molar-refractivity contribution in [1.82, 2.24) is 30.2 Å². The van der Waals surface area contributed by atoms with Gasteiger partial charge in [-0.25, -0.2) is 4.98 Å². The van der Waals surface area contributed by atoms with Gasteiger partial charge in [0.1, 0.15) is 5.82 Å². The summed E-state index contributed by atoms with van der Waals surface area (Å²) in [6, 6.07) is 10.4. The first kappa shape index (κ1) is 13.5. The summed E-state index contributed by atoms with van der Waals surface area (Å²) >= 11 is 0. The summed E-state index contributed by atoms with van der Waals surface area (Å²) in [5, 5.41) is 14.0. The van der Waals surface area contributed by atoms with E-state index in [4.69, 9.17) is 0 Å². The summed E-state index contributed by atoms with van der Waals surface area (Å²) in [6.45, 7) is 3.09. The highest BCUT2D eigenvalue weighted by Crippen LogP contribution is 2.22. The third kappa shape index (κ3) is 3.16. The molecule has 21 heavy (non-hydrogen) atoms. The van der Waals surface area contributed by atoms with Crippen molar-refractivity contribution in [2.45, 2.75) is 32.2 Å². The van der Waals surface area contributed by atoms with Crippen molar-refractivity contribution in [3.8, 4) is 0 Å². The number of benzene rings is 1. The number of aromatic nitrogens is 6. The molecule has 0 aliphatic heterocycles. The van der Waals surface area contributed by atoms with Crippen molar-refractivity contribution in [2.24, 2.45) is 0 Å². The van der Waals surface area contributed by atoms with Crippen LogP contribution in [0, 0.1) is 0 Å². The van der Waals surface area contributed by atoms with Gasteiger partial charge in [0, 0.05) is 31.3 Å². The molecule has 108 valence electrons. The van der Waals surface area contributed by atoms with Crippen LogP contribution in [0.25, 0.3) is 0 Å². The maximum Gasteiger partial charge on any atom is 0.174 e. The van der Waals surface area contributed by atoms with Crippen LogP contribution in [0.5, 0.6) is 0 Å². The minimum Gasteiger partial charge on any atom is -0.334 e.